The Bertz CT molecular complexity index is 304. The highest BCUT2D eigenvalue weighted by Crippen LogP contribution is 2.18. The second-order valence-corrected chi connectivity index (χ2v) is 3.63. The van der Waals surface area contributed by atoms with E-state index >= 15 is 0 Å². The Morgan fingerprint density at radius 3 is 2.53 bits per heavy atom. The van der Waals surface area contributed by atoms with Crippen LogP contribution in [0.3, 0.4) is 0 Å². The van der Waals surface area contributed by atoms with E-state index in [-0.39, 0.29) is 0 Å². The van der Waals surface area contributed by atoms with Gasteiger partial charge >= 0.3 is 0 Å². The van der Waals surface area contributed by atoms with Crippen molar-refractivity contribution < 1.29 is 4.74 Å². The van der Waals surface area contributed by atoms with Crippen molar-refractivity contribution in [1.29, 1.82) is 0 Å². The number of benzene rings is 1. The molecule has 0 atom stereocenters. The van der Waals surface area contributed by atoms with E-state index in [0.29, 0.717) is 19.1 Å². The molecule has 15 heavy (non-hydrogen) atoms. The summed E-state index contributed by atoms with van der Waals surface area (Å²) in [5.74, 6) is 1.44. The second-order valence-electron chi connectivity index (χ2n) is 3.63. The number of hydrogen-bond acceptors (Lipinski definition) is 2. The quantitative estimate of drug-likeness (QED) is 0.456. The lowest BCUT2D eigenvalue weighted by Crippen LogP contribution is -2.02. The highest BCUT2D eigenvalue weighted by atomic mass is 16.5. The molecule has 0 amide bonds. The predicted octanol–water partition coefficient (Wildman–Crippen LogP) is 2.18. The number of aliphatic imine (C=N–C) groups is 1. The van der Waals surface area contributed by atoms with Crippen molar-refractivity contribution in [2.45, 2.75) is 19.8 Å². The maximum atomic E-state index is 5.47. The Kier molecular flexibility index (Phi) is 4.68. The Morgan fingerprint density at radius 1 is 1.33 bits per heavy atom. The molecule has 0 saturated heterocycles. The van der Waals surface area contributed by atoms with Gasteiger partial charge in [0.2, 0.25) is 0 Å². The number of ether oxygens (including phenoxy) is 1. The lowest BCUT2D eigenvalue weighted by atomic mass is 10.0. The molecule has 3 heteroatoms. The fraction of sp³-hybridized carbons (Fsp3) is 0.417. The molecule has 0 aliphatic rings. The minimum Gasteiger partial charge on any atom is -0.492 e. The fourth-order valence-electron chi connectivity index (χ4n) is 1.24. The predicted molar refractivity (Wildman–Crippen MR) is 63.6 cm³/mol. The molecule has 0 heterocycles. The molecule has 0 saturated carbocycles. The van der Waals surface area contributed by atoms with Gasteiger partial charge in [0, 0.05) is 0 Å². The third-order valence-corrected chi connectivity index (χ3v) is 2.14. The minimum atomic E-state index is 0.556. The maximum Gasteiger partial charge on any atom is 0.119 e. The van der Waals surface area contributed by atoms with Crippen LogP contribution in [0.2, 0.25) is 0 Å². The first-order valence-electron chi connectivity index (χ1n) is 5.17. The van der Waals surface area contributed by atoms with Crippen LogP contribution in [0.25, 0.3) is 0 Å². The molecular formula is C12H18N2O. The monoisotopic (exact) mass is 206 g/mol. The summed E-state index contributed by atoms with van der Waals surface area (Å²) in [6, 6.07) is 8.15. The van der Waals surface area contributed by atoms with Gasteiger partial charge in [-0.2, -0.15) is 0 Å². The van der Waals surface area contributed by atoms with Crippen molar-refractivity contribution >= 4 is 6.34 Å². The first kappa shape index (κ1) is 11.6. The normalized spacial score (nSPS) is 11.1. The molecule has 0 aliphatic carbocycles. The Morgan fingerprint density at radius 2 is 2.00 bits per heavy atom. The highest BCUT2D eigenvalue weighted by molar-refractivity contribution is 5.51. The third-order valence-electron chi connectivity index (χ3n) is 2.14. The number of nitrogens with two attached hydrogens (primary N) is 1. The lowest BCUT2D eigenvalue weighted by molar-refractivity contribution is 0.329. The zero-order valence-corrected chi connectivity index (χ0v) is 9.31. The Labute approximate surface area is 91.0 Å². The van der Waals surface area contributed by atoms with Crippen LogP contribution in [0.15, 0.2) is 29.3 Å². The molecule has 0 unspecified atom stereocenters. The third kappa shape index (κ3) is 4.02. The summed E-state index contributed by atoms with van der Waals surface area (Å²) in [7, 11) is 0. The summed E-state index contributed by atoms with van der Waals surface area (Å²) >= 11 is 0. The zero-order valence-electron chi connectivity index (χ0n) is 9.31. The van der Waals surface area contributed by atoms with Crippen LogP contribution in [0.5, 0.6) is 5.75 Å². The molecule has 1 aromatic carbocycles. The van der Waals surface area contributed by atoms with Crippen LogP contribution in [0.1, 0.15) is 25.3 Å². The molecule has 0 spiro atoms. The lowest BCUT2D eigenvalue weighted by Gasteiger charge is -2.07. The van der Waals surface area contributed by atoms with Crippen molar-refractivity contribution in [3.63, 3.8) is 0 Å². The van der Waals surface area contributed by atoms with Crippen LogP contribution >= 0.6 is 0 Å². The van der Waals surface area contributed by atoms with E-state index in [4.69, 9.17) is 10.5 Å². The summed E-state index contributed by atoms with van der Waals surface area (Å²) in [5.41, 5.74) is 6.44. The van der Waals surface area contributed by atoms with Crippen LogP contribution in [0, 0.1) is 0 Å². The smallest absolute Gasteiger partial charge is 0.119 e. The van der Waals surface area contributed by atoms with Gasteiger partial charge in [-0.15, -0.1) is 0 Å². The number of nitrogens with zero attached hydrogens (tertiary/aromatic N) is 1. The van der Waals surface area contributed by atoms with E-state index in [0.717, 1.165) is 5.75 Å². The summed E-state index contributed by atoms with van der Waals surface area (Å²) in [6.07, 6.45) is 1.30. The van der Waals surface area contributed by atoms with Gasteiger partial charge in [-0.3, -0.25) is 4.99 Å². The van der Waals surface area contributed by atoms with E-state index < -0.39 is 0 Å². The molecule has 0 aromatic heterocycles. The largest absolute Gasteiger partial charge is 0.492 e. The van der Waals surface area contributed by atoms with Gasteiger partial charge in [-0.1, -0.05) is 26.0 Å². The first-order chi connectivity index (χ1) is 7.24. The maximum absolute atomic E-state index is 5.47. The van der Waals surface area contributed by atoms with Crippen LogP contribution in [0.4, 0.5) is 0 Å². The Hall–Kier alpha value is -1.51. The van der Waals surface area contributed by atoms with Gasteiger partial charge in [-0.05, 0) is 23.6 Å². The van der Waals surface area contributed by atoms with Crippen molar-refractivity contribution in [1.82, 2.24) is 0 Å². The summed E-state index contributed by atoms with van der Waals surface area (Å²) in [6.45, 7) is 5.51. The molecule has 2 N–H and O–H groups in total. The average Bonchev–Trinajstić information content (AvgIpc) is 2.25. The zero-order chi connectivity index (χ0) is 11.1. The van der Waals surface area contributed by atoms with Crippen molar-refractivity contribution in [3.8, 4) is 5.75 Å². The topological polar surface area (TPSA) is 47.6 Å². The minimum absolute atomic E-state index is 0.556. The van der Waals surface area contributed by atoms with Crippen molar-refractivity contribution in [3.05, 3.63) is 29.8 Å². The van der Waals surface area contributed by atoms with Crippen molar-refractivity contribution in [2.75, 3.05) is 13.2 Å². The van der Waals surface area contributed by atoms with E-state index in [1.165, 1.54) is 11.9 Å². The molecule has 82 valence electrons. The first-order valence-corrected chi connectivity index (χ1v) is 5.17. The molecule has 0 fully saturated rings. The van der Waals surface area contributed by atoms with E-state index in [9.17, 15) is 0 Å². The highest BCUT2D eigenvalue weighted by Gasteiger charge is 1.98. The average molecular weight is 206 g/mol. The molecule has 0 bridgehead atoms. The number of rotatable bonds is 5. The summed E-state index contributed by atoms with van der Waals surface area (Å²) < 4.78 is 5.47. The molecule has 0 aliphatic heterocycles. The van der Waals surface area contributed by atoms with Gasteiger partial charge in [-0.25, -0.2) is 0 Å². The van der Waals surface area contributed by atoms with Crippen LogP contribution in [-0.2, 0) is 0 Å². The molecule has 1 rings (SSSR count). The van der Waals surface area contributed by atoms with Crippen molar-refractivity contribution in [2.24, 2.45) is 10.7 Å². The Balaban J connectivity index is 2.42. The van der Waals surface area contributed by atoms with Gasteiger partial charge in [0.25, 0.3) is 0 Å². The standard InChI is InChI=1S/C12H18N2O/c1-10(2)11-3-5-12(6-4-11)15-8-7-14-9-13/h3-6,9-10H,7-8H2,1-2H3,(H2,13,14). The second kappa shape index (κ2) is 6.06. The van der Waals surface area contributed by atoms with Gasteiger partial charge in [0.15, 0.2) is 0 Å². The summed E-state index contributed by atoms with van der Waals surface area (Å²) in [5, 5.41) is 0. The molecular weight excluding hydrogens is 188 g/mol. The summed E-state index contributed by atoms with van der Waals surface area (Å²) in [4.78, 5) is 3.86. The van der Waals surface area contributed by atoms with Gasteiger partial charge < -0.3 is 10.5 Å². The van der Waals surface area contributed by atoms with Gasteiger partial charge in [0.1, 0.15) is 12.4 Å². The molecule has 0 radical (unpaired) electrons. The molecule has 3 nitrogen and oxygen atoms in total. The van der Waals surface area contributed by atoms with Gasteiger partial charge in [0.05, 0.1) is 12.9 Å². The SMILES string of the molecule is CC(C)c1ccc(OCCN=CN)cc1. The number of hydrogen-bond donors (Lipinski definition) is 1. The van der Waals surface area contributed by atoms with Crippen LogP contribution < -0.4 is 10.5 Å². The van der Waals surface area contributed by atoms with E-state index in [1.807, 2.05) is 12.1 Å². The van der Waals surface area contributed by atoms with E-state index in [1.54, 1.807) is 0 Å². The fourth-order valence-corrected chi connectivity index (χ4v) is 1.24. The van der Waals surface area contributed by atoms with Crippen LogP contribution in [-0.4, -0.2) is 19.5 Å². The van der Waals surface area contributed by atoms with E-state index in [2.05, 4.69) is 31.0 Å². The molecule has 1 aromatic rings.